The van der Waals surface area contributed by atoms with Gasteiger partial charge in [0.1, 0.15) is 17.8 Å². The maximum Gasteiger partial charge on any atom is 0.291 e. The molecule has 1 amide bonds. The molecule has 3 aromatic heterocycles. The first-order valence-corrected chi connectivity index (χ1v) is 8.93. The summed E-state index contributed by atoms with van der Waals surface area (Å²) in [5.74, 6) is 0.425. The van der Waals surface area contributed by atoms with Gasteiger partial charge in [0.15, 0.2) is 0 Å². The molecule has 0 spiro atoms. The number of methoxy groups -OCH3 is 1. The van der Waals surface area contributed by atoms with E-state index in [4.69, 9.17) is 9.15 Å². The number of para-hydroxylation sites is 1. The van der Waals surface area contributed by atoms with Crippen LogP contribution in [0.5, 0.6) is 0 Å². The van der Waals surface area contributed by atoms with Crippen molar-refractivity contribution in [2.24, 2.45) is 0 Å². The summed E-state index contributed by atoms with van der Waals surface area (Å²) in [5.41, 5.74) is 0.977. The minimum atomic E-state index is -0.327. The molecule has 0 atom stereocenters. The maximum atomic E-state index is 12.8. The lowest BCUT2D eigenvalue weighted by molar-refractivity contribution is -0.133. The maximum absolute atomic E-state index is 12.8. The number of nitrogens with zero attached hydrogens (tertiary/aromatic N) is 3. The molecule has 8 nitrogen and oxygen atoms in total. The van der Waals surface area contributed by atoms with Gasteiger partial charge in [-0.05, 0) is 18.2 Å². The van der Waals surface area contributed by atoms with E-state index in [2.05, 4.69) is 10.1 Å². The Morgan fingerprint density at radius 2 is 2.11 bits per heavy atom. The Hall–Kier alpha value is -3.39. The number of fused-ring (bicyclic) bond motifs is 3. The largest absolute Gasteiger partial charge is 0.467 e. The van der Waals surface area contributed by atoms with Gasteiger partial charge in [0.2, 0.25) is 5.91 Å². The van der Waals surface area contributed by atoms with Gasteiger partial charge >= 0.3 is 0 Å². The normalized spacial score (nSPS) is 11.3. The quantitative estimate of drug-likeness (QED) is 0.530. The van der Waals surface area contributed by atoms with Gasteiger partial charge in [0, 0.05) is 29.9 Å². The van der Waals surface area contributed by atoms with Crippen LogP contribution in [-0.2, 0) is 22.6 Å². The Labute approximate surface area is 160 Å². The van der Waals surface area contributed by atoms with Gasteiger partial charge in [0.05, 0.1) is 25.6 Å². The minimum absolute atomic E-state index is 0.158. The highest BCUT2D eigenvalue weighted by atomic mass is 16.5. The standard InChI is InChI=1S/C20H20N4O4/c1-27-10-8-23(12-14-5-4-9-28-14)18(25)13-24-20(26)19-16(11-21-24)15-6-2-3-7-17(15)22-19/h2-7,9,11,22H,8,10,12-13H2,1H3. The van der Waals surface area contributed by atoms with Gasteiger partial charge in [-0.2, -0.15) is 5.10 Å². The highest BCUT2D eigenvalue weighted by Gasteiger charge is 2.18. The van der Waals surface area contributed by atoms with E-state index >= 15 is 0 Å². The van der Waals surface area contributed by atoms with Gasteiger partial charge in [-0.3, -0.25) is 9.59 Å². The van der Waals surface area contributed by atoms with Crippen molar-refractivity contribution in [3.05, 3.63) is 65.0 Å². The Morgan fingerprint density at radius 3 is 2.89 bits per heavy atom. The number of furan rings is 1. The monoisotopic (exact) mass is 380 g/mol. The Balaban J connectivity index is 1.61. The first-order valence-electron chi connectivity index (χ1n) is 8.93. The zero-order valence-corrected chi connectivity index (χ0v) is 15.4. The van der Waals surface area contributed by atoms with Crippen molar-refractivity contribution in [2.45, 2.75) is 13.1 Å². The third kappa shape index (κ3) is 3.41. The molecule has 0 unspecified atom stereocenters. The summed E-state index contributed by atoms with van der Waals surface area (Å²) in [5, 5.41) is 5.89. The summed E-state index contributed by atoms with van der Waals surface area (Å²) in [4.78, 5) is 30.4. The third-order valence-electron chi connectivity index (χ3n) is 4.65. The molecule has 3 heterocycles. The molecule has 8 heteroatoms. The third-order valence-corrected chi connectivity index (χ3v) is 4.65. The number of hydrogen-bond acceptors (Lipinski definition) is 5. The van der Waals surface area contributed by atoms with Crippen molar-refractivity contribution >= 4 is 27.7 Å². The number of hydrogen-bond donors (Lipinski definition) is 1. The molecule has 0 bridgehead atoms. The SMILES string of the molecule is COCCN(Cc1ccco1)C(=O)Cn1ncc2c([nH]c3ccccc32)c1=O. The highest BCUT2D eigenvalue weighted by molar-refractivity contribution is 6.06. The second-order valence-corrected chi connectivity index (χ2v) is 6.45. The second kappa shape index (κ2) is 7.69. The van der Waals surface area contributed by atoms with E-state index in [9.17, 15) is 9.59 Å². The van der Waals surface area contributed by atoms with Gasteiger partial charge in [-0.25, -0.2) is 4.68 Å². The van der Waals surface area contributed by atoms with E-state index in [1.165, 1.54) is 4.68 Å². The van der Waals surface area contributed by atoms with Crippen molar-refractivity contribution in [2.75, 3.05) is 20.3 Å². The molecule has 0 aliphatic carbocycles. The van der Waals surface area contributed by atoms with Crippen LogP contribution in [0, 0.1) is 0 Å². The number of nitrogens with one attached hydrogen (secondary N) is 1. The lowest BCUT2D eigenvalue weighted by Crippen LogP contribution is -2.38. The second-order valence-electron chi connectivity index (χ2n) is 6.45. The fourth-order valence-corrected chi connectivity index (χ4v) is 3.20. The van der Waals surface area contributed by atoms with Crippen molar-refractivity contribution in [1.29, 1.82) is 0 Å². The van der Waals surface area contributed by atoms with E-state index < -0.39 is 0 Å². The van der Waals surface area contributed by atoms with Crippen LogP contribution in [0.2, 0.25) is 0 Å². The average molecular weight is 380 g/mol. The Kier molecular flexibility index (Phi) is 4.94. The van der Waals surface area contributed by atoms with Crippen molar-refractivity contribution in [3.8, 4) is 0 Å². The van der Waals surface area contributed by atoms with Gasteiger partial charge in [-0.15, -0.1) is 0 Å². The average Bonchev–Trinajstić information content (AvgIpc) is 3.35. The molecule has 0 radical (unpaired) electrons. The molecule has 0 aliphatic rings. The molecule has 144 valence electrons. The van der Waals surface area contributed by atoms with Crippen LogP contribution in [0.4, 0.5) is 0 Å². The van der Waals surface area contributed by atoms with Gasteiger partial charge < -0.3 is 19.0 Å². The van der Waals surface area contributed by atoms with Gasteiger partial charge in [0.25, 0.3) is 5.56 Å². The van der Waals surface area contributed by atoms with Crippen LogP contribution >= 0.6 is 0 Å². The predicted molar refractivity (Wildman–Crippen MR) is 104 cm³/mol. The van der Waals surface area contributed by atoms with E-state index in [1.807, 2.05) is 24.3 Å². The molecule has 4 rings (SSSR count). The molecule has 0 aliphatic heterocycles. The zero-order valence-electron chi connectivity index (χ0n) is 15.4. The number of amides is 1. The predicted octanol–water partition coefficient (Wildman–Crippen LogP) is 2.15. The van der Waals surface area contributed by atoms with Crippen molar-refractivity contribution in [3.63, 3.8) is 0 Å². The number of benzene rings is 1. The first-order chi connectivity index (χ1) is 13.7. The van der Waals surface area contributed by atoms with E-state index in [-0.39, 0.29) is 18.0 Å². The molecular weight excluding hydrogens is 360 g/mol. The Morgan fingerprint density at radius 1 is 1.25 bits per heavy atom. The van der Waals surface area contributed by atoms with Crippen LogP contribution in [0.15, 0.2) is 58.1 Å². The number of aromatic nitrogens is 3. The molecule has 28 heavy (non-hydrogen) atoms. The fourth-order valence-electron chi connectivity index (χ4n) is 3.20. The van der Waals surface area contributed by atoms with Crippen molar-refractivity contribution in [1.82, 2.24) is 19.7 Å². The fraction of sp³-hybridized carbons (Fsp3) is 0.250. The number of aromatic amines is 1. The lowest BCUT2D eigenvalue weighted by Gasteiger charge is -2.21. The number of carbonyl (C=O) groups is 1. The smallest absolute Gasteiger partial charge is 0.291 e. The summed E-state index contributed by atoms with van der Waals surface area (Å²) in [7, 11) is 1.57. The summed E-state index contributed by atoms with van der Waals surface area (Å²) in [6.07, 6.45) is 3.18. The van der Waals surface area contributed by atoms with Gasteiger partial charge in [-0.1, -0.05) is 18.2 Å². The highest BCUT2D eigenvalue weighted by Crippen LogP contribution is 2.21. The first kappa shape index (κ1) is 18.0. The number of rotatable bonds is 7. The lowest BCUT2D eigenvalue weighted by atomic mass is 10.2. The number of H-pyrrole nitrogens is 1. The van der Waals surface area contributed by atoms with Crippen LogP contribution in [-0.4, -0.2) is 45.8 Å². The molecule has 1 aromatic carbocycles. The zero-order chi connectivity index (χ0) is 19.5. The summed E-state index contributed by atoms with van der Waals surface area (Å²) < 4.78 is 11.6. The molecule has 0 saturated heterocycles. The van der Waals surface area contributed by atoms with E-state index in [0.29, 0.717) is 31.0 Å². The summed E-state index contributed by atoms with van der Waals surface area (Å²) in [6.45, 7) is 0.919. The van der Waals surface area contributed by atoms with Crippen LogP contribution in [0.3, 0.4) is 0 Å². The van der Waals surface area contributed by atoms with Crippen molar-refractivity contribution < 1.29 is 13.9 Å². The minimum Gasteiger partial charge on any atom is -0.467 e. The topological polar surface area (TPSA) is 93.4 Å². The summed E-state index contributed by atoms with van der Waals surface area (Å²) >= 11 is 0. The molecule has 0 saturated carbocycles. The van der Waals surface area contributed by atoms with E-state index in [1.54, 1.807) is 36.6 Å². The number of carbonyl (C=O) groups excluding carboxylic acids is 1. The van der Waals surface area contributed by atoms with E-state index in [0.717, 1.165) is 16.3 Å². The Bertz CT molecular complexity index is 1160. The number of ether oxygens (including phenoxy) is 1. The summed E-state index contributed by atoms with van der Waals surface area (Å²) in [6, 6.07) is 11.2. The molecular formula is C20H20N4O4. The molecule has 4 aromatic rings. The van der Waals surface area contributed by atoms with Crippen LogP contribution in [0.25, 0.3) is 21.8 Å². The molecule has 0 fully saturated rings. The van der Waals surface area contributed by atoms with Crippen LogP contribution < -0.4 is 5.56 Å². The molecule has 1 N–H and O–H groups in total. The van der Waals surface area contributed by atoms with Crippen LogP contribution in [0.1, 0.15) is 5.76 Å².